The quantitative estimate of drug-likeness (QED) is 0.503. The Morgan fingerprint density at radius 3 is 2.43 bits per heavy atom. The van der Waals surface area contributed by atoms with Crippen LogP contribution >= 0.6 is 0 Å². The van der Waals surface area contributed by atoms with Crippen LogP contribution in [0.3, 0.4) is 0 Å². The second-order valence-electron chi connectivity index (χ2n) is 8.34. The van der Waals surface area contributed by atoms with Gasteiger partial charge in [0.25, 0.3) is 0 Å². The molecule has 6 nitrogen and oxygen atoms in total. The summed E-state index contributed by atoms with van der Waals surface area (Å²) in [5, 5.41) is 12.0. The lowest BCUT2D eigenvalue weighted by molar-refractivity contribution is -0.136. The van der Waals surface area contributed by atoms with E-state index in [0.29, 0.717) is 47.6 Å². The number of fused-ring (bicyclic) bond motifs is 1. The Balaban J connectivity index is 1.60. The van der Waals surface area contributed by atoms with Crippen molar-refractivity contribution in [2.75, 3.05) is 13.2 Å². The van der Waals surface area contributed by atoms with E-state index < -0.39 is 5.97 Å². The minimum atomic E-state index is -0.943. The standard InChI is InChI=1S/C27H26F2N2O4/c1-2-35-25-13-18(14-26(32)33)5-8-22(25)20-9-10-24(29)21-11-12-31(16-23(20)21)27(34)30-15-17-3-6-19(28)7-4-17/h3-10,13H,2,11-12,14-16H2,1H3,(H,30,34)(H,32,33). The number of rotatable bonds is 7. The topological polar surface area (TPSA) is 78.9 Å². The van der Waals surface area contributed by atoms with E-state index in [1.165, 1.54) is 18.2 Å². The van der Waals surface area contributed by atoms with E-state index in [1.807, 2.05) is 6.92 Å². The van der Waals surface area contributed by atoms with Gasteiger partial charge in [-0.1, -0.05) is 30.3 Å². The zero-order valence-corrected chi connectivity index (χ0v) is 19.3. The maximum absolute atomic E-state index is 14.7. The highest BCUT2D eigenvalue weighted by atomic mass is 19.1. The molecule has 8 heteroatoms. The largest absolute Gasteiger partial charge is 0.493 e. The fraction of sp³-hybridized carbons (Fsp3) is 0.259. The van der Waals surface area contributed by atoms with Crippen LogP contribution in [0.25, 0.3) is 11.1 Å². The molecule has 1 aliphatic rings. The van der Waals surface area contributed by atoms with E-state index in [9.17, 15) is 18.4 Å². The van der Waals surface area contributed by atoms with Crippen LogP contribution in [0.4, 0.5) is 13.6 Å². The van der Waals surface area contributed by atoms with Crippen molar-refractivity contribution in [2.45, 2.75) is 32.9 Å². The summed E-state index contributed by atoms with van der Waals surface area (Å²) in [4.78, 5) is 25.6. The predicted molar refractivity (Wildman–Crippen MR) is 127 cm³/mol. The van der Waals surface area contributed by atoms with E-state index >= 15 is 0 Å². The summed E-state index contributed by atoms with van der Waals surface area (Å²) >= 11 is 0. The van der Waals surface area contributed by atoms with Crippen LogP contribution in [0.1, 0.15) is 29.2 Å². The molecule has 0 saturated carbocycles. The highest BCUT2D eigenvalue weighted by molar-refractivity contribution is 5.79. The number of hydrogen-bond donors (Lipinski definition) is 2. The van der Waals surface area contributed by atoms with Gasteiger partial charge in [-0.25, -0.2) is 13.6 Å². The van der Waals surface area contributed by atoms with Gasteiger partial charge in [0.1, 0.15) is 17.4 Å². The molecule has 1 heterocycles. The van der Waals surface area contributed by atoms with Gasteiger partial charge < -0.3 is 20.1 Å². The Bertz CT molecular complexity index is 1240. The number of carboxylic acids is 1. The van der Waals surface area contributed by atoms with E-state index in [4.69, 9.17) is 9.84 Å². The number of carbonyl (C=O) groups excluding carboxylic acids is 1. The van der Waals surface area contributed by atoms with Crippen molar-refractivity contribution >= 4 is 12.0 Å². The highest BCUT2D eigenvalue weighted by Crippen LogP contribution is 2.37. The van der Waals surface area contributed by atoms with Gasteiger partial charge in [0.15, 0.2) is 0 Å². The molecule has 182 valence electrons. The maximum atomic E-state index is 14.7. The second-order valence-corrected chi connectivity index (χ2v) is 8.34. The number of aliphatic carboxylic acids is 1. The summed E-state index contributed by atoms with van der Waals surface area (Å²) in [7, 11) is 0. The van der Waals surface area contributed by atoms with Crippen molar-refractivity contribution in [3.05, 3.63) is 88.5 Å². The van der Waals surface area contributed by atoms with Gasteiger partial charge in [0.05, 0.1) is 13.0 Å². The smallest absolute Gasteiger partial charge is 0.317 e. The van der Waals surface area contributed by atoms with Crippen molar-refractivity contribution in [1.82, 2.24) is 10.2 Å². The zero-order chi connectivity index (χ0) is 24.9. The molecule has 0 radical (unpaired) electrons. The number of ether oxygens (including phenoxy) is 1. The Labute approximate surface area is 202 Å². The van der Waals surface area contributed by atoms with E-state index in [-0.39, 0.29) is 37.2 Å². The molecule has 0 aliphatic carbocycles. The normalized spacial score (nSPS) is 12.7. The van der Waals surface area contributed by atoms with Crippen LogP contribution in [0.15, 0.2) is 54.6 Å². The number of halogens is 2. The predicted octanol–water partition coefficient (Wildman–Crippen LogP) is 4.93. The van der Waals surface area contributed by atoms with Crippen molar-refractivity contribution in [3.63, 3.8) is 0 Å². The van der Waals surface area contributed by atoms with E-state index in [1.54, 1.807) is 41.3 Å². The fourth-order valence-electron chi connectivity index (χ4n) is 4.30. The molecule has 0 aromatic heterocycles. The third-order valence-corrected chi connectivity index (χ3v) is 5.99. The summed E-state index contributed by atoms with van der Waals surface area (Å²) in [6, 6.07) is 13.9. The number of nitrogens with zero attached hydrogens (tertiary/aromatic N) is 1. The maximum Gasteiger partial charge on any atom is 0.317 e. The first-order valence-corrected chi connectivity index (χ1v) is 11.4. The third kappa shape index (κ3) is 5.59. The van der Waals surface area contributed by atoms with Crippen LogP contribution in [0, 0.1) is 11.6 Å². The second kappa shape index (κ2) is 10.5. The van der Waals surface area contributed by atoms with Crippen LogP contribution < -0.4 is 10.1 Å². The number of carbonyl (C=O) groups is 2. The number of hydrogen-bond acceptors (Lipinski definition) is 3. The summed E-state index contributed by atoms with van der Waals surface area (Å²) in [5.41, 5.74) is 4.07. The van der Waals surface area contributed by atoms with Crippen molar-refractivity contribution in [3.8, 4) is 16.9 Å². The van der Waals surface area contributed by atoms with Crippen LogP contribution in [0.5, 0.6) is 5.75 Å². The number of carboxylic acid groups (broad SMARTS) is 1. The molecule has 3 aromatic carbocycles. The molecule has 4 rings (SSSR count). The molecule has 2 amide bonds. The van der Waals surface area contributed by atoms with Gasteiger partial charge in [0.2, 0.25) is 0 Å². The summed E-state index contributed by atoms with van der Waals surface area (Å²) in [6.45, 7) is 3.03. The third-order valence-electron chi connectivity index (χ3n) is 5.99. The zero-order valence-electron chi connectivity index (χ0n) is 19.3. The lowest BCUT2D eigenvalue weighted by atomic mass is 9.90. The SMILES string of the molecule is CCOc1cc(CC(=O)O)ccc1-c1ccc(F)c2c1CN(C(=O)NCc1ccc(F)cc1)CC2. The molecular formula is C27H26F2N2O4. The van der Waals surface area contributed by atoms with Gasteiger partial charge in [-0.2, -0.15) is 0 Å². The molecule has 0 unspecified atom stereocenters. The molecule has 3 aromatic rings. The number of benzene rings is 3. The minimum absolute atomic E-state index is 0.135. The molecule has 35 heavy (non-hydrogen) atoms. The first kappa shape index (κ1) is 24.2. The first-order valence-electron chi connectivity index (χ1n) is 11.4. The molecule has 0 spiro atoms. The summed E-state index contributed by atoms with van der Waals surface area (Å²) in [5.74, 6) is -1.10. The van der Waals surface area contributed by atoms with Crippen molar-refractivity contribution in [1.29, 1.82) is 0 Å². The number of nitrogens with one attached hydrogen (secondary N) is 1. The lowest BCUT2D eigenvalue weighted by Gasteiger charge is -2.31. The highest BCUT2D eigenvalue weighted by Gasteiger charge is 2.26. The molecule has 2 N–H and O–H groups in total. The first-order chi connectivity index (χ1) is 16.9. The molecule has 0 saturated heterocycles. The average molecular weight is 481 g/mol. The molecule has 0 fully saturated rings. The lowest BCUT2D eigenvalue weighted by Crippen LogP contribution is -2.42. The summed E-state index contributed by atoms with van der Waals surface area (Å²) < 4.78 is 33.6. The van der Waals surface area contributed by atoms with Gasteiger partial charge in [0, 0.05) is 25.2 Å². The van der Waals surface area contributed by atoms with Crippen molar-refractivity contribution < 1.29 is 28.2 Å². The monoisotopic (exact) mass is 480 g/mol. The Morgan fingerprint density at radius 2 is 1.71 bits per heavy atom. The van der Waals surface area contributed by atoms with Crippen LogP contribution in [-0.2, 0) is 30.7 Å². The summed E-state index contributed by atoms with van der Waals surface area (Å²) in [6.07, 6.45) is 0.226. The Hall–Kier alpha value is -3.94. The fourth-order valence-corrected chi connectivity index (χ4v) is 4.30. The van der Waals surface area contributed by atoms with Crippen LogP contribution in [-0.4, -0.2) is 35.2 Å². The van der Waals surface area contributed by atoms with Gasteiger partial charge >= 0.3 is 12.0 Å². The van der Waals surface area contributed by atoms with Gasteiger partial charge in [-0.05, 0) is 65.4 Å². The van der Waals surface area contributed by atoms with Crippen LogP contribution in [0.2, 0.25) is 0 Å². The number of urea groups is 1. The minimum Gasteiger partial charge on any atom is -0.493 e. The molecular weight excluding hydrogens is 454 g/mol. The number of amides is 2. The Kier molecular flexibility index (Phi) is 7.29. The van der Waals surface area contributed by atoms with E-state index in [2.05, 4.69) is 5.32 Å². The molecule has 1 aliphatic heterocycles. The van der Waals surface area contributed by atoms with Gasteiger partial charge in [-0.15, -0.1) is 0 Å². The molecule has 0 bridgehead atoms. The average Bonchev–Trinajstić information content (AvgIpc) is 2.84. The van der Waals surface area contributed by atoms with Crippen molar-refractivity contribution in [2.24, 2.45) is 0 Å². The van der Waals surface area contributed by atoms with E-state index in [0.717, 1.165) is 11.1 Å². The molecule has 0 atom stereocenters. The Morgan fingerprint density at radius 1 is 1.00 bits per heavy atom. The van der Waals surface area contributed by atoms with Gasteiger partial charge in [-0.3, -0.25) is 4.79 Å².